The summed E-state index contributed by atoms with van der Waals surface area (Å²) in [7, 11) is 0. The number of fused-ring (bicyclic) bond motifs is 1. The number of halogens is 1. The molecule has 0 aliphatic carbocycles. The van der Waals surface area contributed by atoms with Gasteiger partial charge in [0.25, 0.3) is 0 Å². The number of hydrogen-bond acceptors (Lipinski definition) is 3. The Morgan fingerprint density at radius 3 is 2.88 bits per heavy atom. The van der Waals surface area contributed by atoms with Gasteiger partial charge >= 0.3 is 0 Å². The summed E-state index contributed by atoms with van der Waals surface area (Å²) in [6.07, 6.45) is 1.87. The van der Waals surface area contributed by atoms with Gasteiger partial charge < -0.3 is 10.6 Å². The van der Waals surface area contributed by atoms with Gasteiger partial charge in [0.1, 0.15) is 5.82 Å². The molecule has 1 aliphatic heterocycles. The SMILES string of the molecule is NCC1CN(c2nccc3c(Br)cccc23)C1. The van der Waals surface area contributed by atoms with Crippen LogP contribution in [0.15, 0.2) is 34.9 Å². The summed E-state index contributed by atoms with van der Waals surface area (Å²) in [5, 5.41) is 2.42. The minimum absolute atomic E-state index is 0.624. The summed E-state index contributed by atoms with van der Waals surface area (Å²) in [4.78, 5) is 6.80. The maximum Gasteiger partial charge on any atom is 0.136 e. The molecule has 1 aromatic carbocycles. The quantitative estimate of drug-likeness (QED) is 0.924. The van der Waals surface area contributed by atoms with Crippen LogP contribution in [0.25, 0.3) is 10.8 Å². The molecular formula is C13H14BrN3. The fourth-order valence-electron chi connectivity index (χ4n) is 2.30. The molecule has 0 saturated carbocycles. The zero-order valence-electron chi connectivity index (χ0n) is 9.44. The van der Waals surface area contributed by atoms with Crippen molar-refractivity contribution in [2.75, 3.05) is 24.5 Å². The van der Waals surface area contributed by atoms with Gasteiger partial charge in [-0.3, -0.25) is 0 Å². The van der Waals surface area contributed by atoms with Gasteiger partial charge in [-0.25, -0.2) is 4.98 Å². The second-order valence-corrected chi connectivity index (χ2v) is 5.33. The molecule has 0 spiro atoms. The average Bonchev–Trinajstić information content (AvgIpc) is 2.29. The van der Waals surface area contributed by atoms with Crippen LogP contribution in [0.4, 0.5) is 5.82 Å². The molecule has 88 valence electrons. The first kappa shape index (κ1) is 11.0. The summed E-state index contributed by atoms with van der Waals surface area (Å²) < 4.78 is 1.12. The fraction of sp³-hybridized carbons (Fsp3) is 0.308. The Balaban J connectivity index is 2.03. The highest BCUT2D eigenvalue weighted by Crippen LogP contribution is 2.32. The maximum atomic E-state index is 5.66. The molecule has 0 unspecified atom stereocenters. The Hall–Kier alpha value is -1.13. The summed E-state index contributed by atoms with van der Waals surface area (Å²) in [5.74, 6) is 1.70. The van der Waals surface area contributed by atoms with Crippen LogP contribution in [0, 0.1) is 5.92 Å². The highest BCUT2D eigenvalue weighted by molar-refractivity contribution is 9.10. The highest BCUT2D eigenvalue weighted by atomic mass is 79.9. The van der Waals surface area contributed by atoms with Crippen LogP contribution in [-0.2, 0) is 0 Å². The summed E-state index contributed by atoms with van der Waals surface area (Å²) in [5.41, 5.74) is 5.66. The van der Waals surface area contributed by atoms with Crippen molar-refractivity contribution in [3.05, 3.63) is 34.9 Å². The summed E-state index contributed by atoms with van der Waals surface area (Å²) in [6.45, 7) is 2.81. The topological polar surface area (TPSA) is 42.1 Å². The number of nitrogens with zero attached hydrogens (tertiary/aromatic N) is 2. The van der Waals surface area contributed by atoms with E-state index in [-0.39, 0.29) is 0 Å². The van der Waals surface area contributed by atoms with E-state index in [4.69, 9.17) is 5.73 Å². The molecule has 0 radical (unpaired) electrons. The Morgan fingerprint density at radius 2 is 2.12 bits per heavy atom. The van der Waals surface area contributed by atoms with E-state index in [1.165, 1.54) is 10.8 Å². The minimum atomic E-state index is 0.624. The molecule has 0 amide bonds. The Labute approximate surface area is 109 Å². The van der Waals surface area contributed by atoms with Gasteiger partial charge in [0.15, 0.2) is 0 Å². The van der Waals surface area contributed by atoms with Gasteiger partial charge in [0.2, 0.25) is 0 Å². The van der Waals surface area contributed by atoms with Crippen LogP contribution in [0.3, 0.4) is 0 Å². The molecule has 0 atom stereocenters. The first-order valence-electron chi connectivity index (χ1n) is 5.78. The van der Waals surface area contributed by atoms with Crippen molar-refractivity contribution in [2.24, 2.45) is 11.7 Å². The third-order valence-electron chi connectivity index (χ3n) is 3.32. The highest BCUT2D eigenvalue weighted by Gasteiger charge is 2.27. The molecule has 3 rings (SSSR count). The lowest BCUT2D eigenvalue weighted by molar-refractivity contribution is 0.418. The molecular weight excluding hydrogens is 278 g/mol. The third kappa shape index (κ3) is 1.81. The Morgan fingerprint density at radius 1 is 1.29 bits per heavy atom. The lowest BCUT2D eigenvalue weighted by Crippen LogP contribution is -2.50. The van der Waals surface area contributed by atoms with E-state index in [0.29, 0.717) is 5.92 Å². The average molecular weight is 292 g/mol. The smallest absolute Gasteiger partial charge is 0.136 e. The molecule has 1 aromatic heterocycles. The van der Waals surface area contributed by atoms with E-state index in [1.807, 2.05) is 12.3 Å². The first-order valence-corrected chi connectivity index (χ1v) is 6.57. The third-order valence-corrected chi connectivity index (χ3v) is 4.01. The molecule has 2 N–H and O–H groups in total. The molecule has 3 nitrogen and oxygen atoms in total. The van der Waals surface area contributed by atoms with E-state index in [2.05, 4.69) is 44.0 Å². The van der Waals surface area contributed by atoms with Crippen molar-refractivity contribution >= 4 is 32.5 Å². The zero-order chi connectivity index (χ0) is 11.8. The van der Waals surface area contributed by atoms with E-state index >= 15 is 0 Å². The minimum Gasteiger partial charge on any atom is -0.355 e. The number of aromatic nitrogens is 1. The largest absolute Gasteiger partial charge is 0.355 e. The second kappa shape index (κ2) is 4.27. The first-order chi connectivity index (χ1) is 8.29. The number of hydrogen-bond donors (Lipinski definition) is 1. The lowest BCUT2D eigenvalue weighted by atomic mass is 9.99. The van der Waals surface area contributed by atoms with Crippen LogP contribution in [0.5, 0.6) is 0 Å². The number of rotatable bonds is 2. The molecule has 1 saturated heterocycles. The standard InChI is InChI=1S/C13H14BrN3/c14-12-3-1-2-11-10(12)4-5-16-13(11)17-7-9(6-15)8-17/h1-5,9H,6-8,15H2. The number of pyridine rings is 1. The molecule has 1 fully saturated rings. The van der Waals surface area contributed by atoms with Crippen LogP contribution in [0.1, 0.15) is 0 Å². The van der Waals surface area contributed by atoms with Crippen molar-refractivity contribution in [3.8, 4) is 0 Å². The van der Waals surface area contributed by atoms with Gasteiger partial charge in [-0.1, -0.05) is 28.1 Å². The Kier molecular flexibility index (Phi) is 2.76. The molecule has 4 heteroatoms. The van der Waals surface area contributed by atoms with E-state index in [9.17, 15) is 0 Å². The normalized spacial score (nSPS) is 16.2. The molecule has 2 aromatic rings. The zero-order valence-corrected chi connectivity index (χ0v) is 11.0. The van der Waals surface area contributed by atoms with Crippen molar-refractivity contribution in [2.45, 2.75) is 0 Å². The van der Waals surface area contributed by atoms with Crippen molar-refractivity contribution in [1.82, 2.24) is 4.98 Å². The van der Waals surface area contributed by atoms with Gasteiger partial charge in [0, 0.05) is 40.4 Å². The van der Waals surface area contributed by atoms with Crippen LogP contribution in [0.2, 0.25) is 0 Å². The molecule has 0 bridgehead atoms. The maximum absolute atomic E-state index is 5.66. The van der Waals surface area contributed by atoms with Crippen LogP contribution in [-0.4, -0.2) is 24.6 Å². The van der Waals surface area contributed by atoms with Gasteiger partial charge in [-0.15, -0.1) is 0 Å². The van der Waals surface area contributed by atoms with E-state index in [1.54, 1.807) is 0 Å². The molecule has 1 aliphatic rings. The van der Waals surface area contributed by atoms with Gasteiger partial charge in [0.05, 0.1) is 0 Å². The Bertz CT molecular complexity index is 549. The predicted octanol–water partition coefficient (Wildman–Crippen LogP) is 2.39. The lowest BCUT2D eigenvalue weighted by Gasteiger charge is -2.40. The monoisotopic (exact) mass is 291 g/mol. The van der Waals surface area contributed by atoms with Crippen LogP contribution < -0.4 is 10.6 Å². The van der Waals surface area contributed by atoms with E-state index in [0.717, 1.165) is 29.9 Å². The van der Waals surface area contributed by atoms with Crippen molar-refractivity contribution in [3.63, 3.8) is 0 Å². The van der Waals surface area contributed by atoms with Crippen molar-refractivity contribution in [1.29, 1.82) is 0 Å². The number of anilines is 1. The van der Waals surface area contributed by atoms with E-state index < -0.39 is 0 Å². The second-order valence-electron chi connectivity index (χ2n) is 4.48. The summed E-state index contributed by atoms with van der Waals surface area (Å²) >= 11 is 3.58. The summed E-state index contributed by atoms with van der Waals surface area (Å²) in [6, 6.07) is 8.28. The molecule has 2 heterocycles. The molecule has 17 heavy (non-hydrogen) atoms. The van der Waals surface area contributed by atoms with Gasteiger partial charge in [-0.2, -0.15) is 0 Å². The number of benzene rings is 1. The fourth-order valence-corrected chi connectivity index (χ4v) is 2.80. The van der Waals surface area contributed by atoms with Crippen molar-refractivity contribution < 1.29 is 0 Å². The van der Waals surface area contributed by atoms with Gasteiger partial charge in [-0.05, 0) is 18.7 Å². The predicted molar refractivity (Wildman–Crippen MR) is 74.2 cm³/mol. The van der Waals surface area contributed by atoms with Crippen LogP contribution >= 0.6 is 15.9 Å². The number of nitrogens with two attached hydrogens (primary N) is 1.